The molecule has 0 unspecified atom stereocenters. The van der Waals surface area contributed by atoms with Gasteiger partial charge < -0.3 is 15.1 Å². The van der Waals surface area contributed by atoms with Gasteiger partial charge in [-0.1, -0.05) is 35.9 Å². The highest BCUT2D eigenvalue weighted by Crippen LogP contribution is 2.35. The molecule has 0 bridgehead atoms. The number of aryl methyl sites for hydroxylation is 1. The van der Waals surface area contributed by atoms with Gasteiger partial charge in [-0.2, -0.15) is 5.26 Å². The molecule has 4 aromatic rings. The number of carbonyl (C=O) groups is 2. The summed E-state index contributed by atoms with van der Waals surface area (Å²) in [6.45, 7) is 2.01. The van der Waals surface area contributed by atoms with Crippen molar-refractivity contribution < 1.29 is 14.0 Å². The Bertz CT molecular complexity index is 1320. The maximum atomic E-state index is 12.5. The van der Waals surface area contributed by atoms with Crippen molar-refractivity contribution in [3.05, 3.63) is 89.2 Å². The van der Waals surface area contributed by atoms with E-state index in [0.29, 0.717) is 16.3 Å². The summed E-state index contributed by atoms with van der Waals surface area (Å²) in [5, 5.41) is 17.7. The molecule has 0 aliphatic carbocycles. The fraction of sp³-hybridized carbons (Fsp3) is 0.0800. The molecular weight excluding hydrogens is 454 g/mol. The molecule has 4 rings (SSSR count). The van der Waals surface area contributed by atoms with E-state index < -0.39 is 0 Å². The van der Waals surface area contributed by atoms with Crippen LogP contribution in [0.2, 0.25) is 0 Å². The number of carbonyl (C=O) groups excluding carboxylic acids is 2. The zero-order chi connectivity index (χ0) is 23.2. The van der Waals surface area contributed by atoms with Gasteiger partial charge >= 0.3 is 0 Å². The molecule has 0 spiro atoms. The summed E-state index contributed by atoms with van der Waals surface area (Å²) in [5.41, 5.74) is 3.96. The van der Waals surface area contributed by atoms with E-state index in [4.69, 9.17) is 4.42 Å². The van der Waals surface area contributed by atoms with Crippen LogP contribution in [0.3, 0.4) is 0 Å². The number of thioether (sulfide) groups is 1. The van der Waals surface area contributed by atoms with Crippen molar-refractivity contribution in [2.75, 3.05) is 16.4 Å². The Hall–Kier alpha value is -3.80. The summed E-state index contributed by atoms with van der Waals surface area (Å²) in [7, 11) is 0. The van der Waals surface area contributed by atoms with Crippen molar-refractivity contribution in [1.29, 1.82) is 5.26 Å². The molecule has 0 aliphatic rings. The number of furan rings is 1. The molecule has 2 heterocycles. The highest BCUT2D eigenvalue weighted by Gasteiger charge is 2.16. The minimum absolute atomic E-state index is 0.165. The molecule has 164 valence electrons. The van der Waals surface area contributed by atoms with Gasteiger partial charge in [0, 0.05) is 21.5 Å². The van der Waals surface area contributed by atoms with Gasteiger partial charge in [0.2, 0.25) is 5.91 Å². The second-order valence-electron chi connectivity index (χ2n) is 7.13. The first-order valence-corrected chi connectivity index (χ1v) is 11.9. The predicted molar refractivity (Wildman–Crippen MR) is 132 cm³/mol. The van der Waals surface area contributed by atoms with Gasteiger partial charge in [-0.05, 0) is 42.8 Å². The minimum atomic E-state index is -0.342. The van der Waals surface area contributed by atoms with Gasteiger partial charge in [0.25, 0.3) is 5.91 Å². The third-order valence-corrected chi connectivity index (χ3v) is 6.61. The van der Waals surface area contributed by atoms with Crippen LogP contribution in [0, 0.1) is 18.3 Å². The maximum absolute atomic E-state index is 12.5. The van der Waals surface area contributed by atoms with Gasteiger partial charge in [0.1, 0.15) is 11.1 Å². The second-order valence-corrected chi connectivity index (χ2v) is 9.06. The first kappa shape index (κ1) is 22.4. The smallest absolute Gasteiger partial charge is 0.291 e. The van der Waals surface area contributed by atoms with E-state index in [0.717, 1.165) is 21.6 Å². The molecule has 0 radical (unpaired) electrons. The van der Waals surface area contributed by atoms with Crippen LogP contribution in [0.25, 0.3) is 11.1 Å². The number of benzene rings is 2. The largest absolute Gasteiger partial charge is 0.459 e. The highest BCUT2D eigenvalue weighted by molar-refractivity contribution is 8.00. The number of thiophene rings is 1. The third-order valence-electron chi connectivity index (χ3n) is 4.73. The Labute approximate surface area is 199 Å². The third kappa shape index (κ3) is 5.52. The Kier molecular flexibility index (Phi) is 6.93. The van der Waals surface area contributed by atoms with Crippen molar-refractivity contribution in [2.24, 2.45) is 0 Å². The maximum Gasteiger partial charge on any atom is 0.291 e. The predicted octanol–water partition coefficient (Wildman–Crippen LogP) is 6.17. The summed E-state index contributed by atoms with van der Waals surface area (Å²) >= 11 is 2.68. The van der Waals surface area contributed by atoms with Crippen LogP contribution in [-0.2, 0) is 4.79 Å². The molecule has 0 aliphatic heterocycles. The number of nitrogens with zero attached hydrogens (tertiary/aromatic N) is 1. The molecule has 6 nitrogen and oxygen atoms in total. The zero-order valence-corrected chi connectivity index (χ0v) is 19.3. The molecule has 0 saturated heterocycles. The fourth-order valence-electron chi connectivity index (χ4n) is 3.08. The van der Waals surface area contributed by atoms with Crippen LogP contribution in [0.15, 0.2) is 81.6 Å². The fourth-order valence-corrected chi connectivity index (χ4v) is 4.77. The summed E-state index contributed by atoms with van der Waals surface area (Å²) in [4.78, 5) is 25.5. The topological polar surface area (TPSA) is 95.1 Å². The van der Waals surface area contributed by atoms with E-state index in [-0.39, 0.29) is 23.3 Å². The Morgan fingerprint density at radius 2 is 1.91 bits per heavy atom. The number of nitrogens with one attached hydrogen (secondary N) is 2. The number of hydrogen-bond acceptors (Lipinski definition) is 6. The Morgan fingerprint density at radius 1 is 1.09 bits per heavy atom. The van der Waals surface area contributed by atoms with Crippen LogP contribution >= 0.6 is 23.1 Å². The molecule has 0 fully saturated rings. The van der Waals surface area contributed by atoms with E-state index >= 15 is 0 Å². The number of nitriles is 1. The molecule has 2 aromatic heterocycles. The van der Waals surface area contributed by atoms with Crippen molar-refractivity contribution in [2.45, 2.75) is 11.8 Å². The van der Waals surface area contributed by atoms with Gasteiger partial charge in [0.05, 0.1) is 17.6 Å². The van der Waals surface area contributed by atoms with Gasteiger partial charge in [-0.15, -0.1) is 23.1 Å². The van der Waals surface area contributed by atoms with E-state index in [1.807, 2.05) is 42.6 Å². The number of amides is 2. The molecule has 0 saturated carbocycles. The summed E-state index contributed by atoms with van der Waals surface area (Å²) in [6, 6.07) is 20.6. The lowest BCUT2D eigenvalue weighted by atomic mass is 10.0. The SMILES string of the molecule is Cc1ccc(-c2csc(NC(=O)CSc3cccc(NC(=O)c4ccco4)c3)c2C#N)cc1. The standard InChI is InChI=1S/C25H19N3O3S2/c1-16-7-9-17(10-8-16)21-14-33-25(20(21)13-26)28-23(29)15-32-19-5-2-4-18(12-19)27-24(30)22-6-3-11-31-22/h2-12,14H,15H2,1H3,(H,27,30)(H,28,29). The molecule has 33 heavy (non-hydrogen) atoms. The highest BCUT2D eigenvalue weighted by atomic mass is 32.2. The lowest BCUT2D eigenvalue weighted by Gasteiger charge is -2.07. The van der Waals surface area contributed by atoms with Crippen LogP contribution in [0.1, 0.15) is 21.7 Å². The molecule has 2 amide bonds. The first-order chi connectivity index (χ1) is 16.0. The Balaban J connectivity index is 1.38. The quantitative estimate of drug-likeness (QED) is 0.313. The van der Waals surface area contributed by atoms with E-state index in [9.17, 15) is 14.9 Å². The molecule has 8 heteroatoms. The van der Waals surface area contributed by atoms with Crippen LogP contribution < -0.4 is 10.6 Å². The molecular formula is C25H19N3O3S2. The van der Waals surface area contributed by atoms with Crippen molar-refractivity contribution in [1.82, 2.24) is 0 Å². The second kappa shape index (κ2) is 10.2. The zero-order valence-electron chi connectivity index (χ0n) is 17.6. The summed E-state index contributed by atoms with van der Waals surface area (Å²) in [5.74, 6) is -0.162. The number of anilines is 2. The van der Waals surface area contributed by atoms with Crippen molar-refractivity contribution in [3.63, 3.8) is 0 Å². The number of hydrogen-bond donors (Lipinski definition) is 2. The van der Waals surface area contributed by atoms with Gasteiger partial charge in [-0.3, -0.25) is 9.59 Å². The number of rotatable bonds is 7. The average Bonchev–Trinajstić information content (AvgIpc) is 3.49. The van der Waals surface area contributed by atoms with Crippen molar-refractivity contribution >= 4 is 45.6 Å². The van der Waals surface area contributed by atoms with Crippen LogP contribution in [0.4, 0.5) is 10.7 Å². The van der Waals surface area contributed by atoms with Crippen LogP contribution in [0.5, 0.6) is 0 Å². The lowest BCUT2D eigenvalue weighted by Crippen LogP contribution is -2.14. The average molecular weight is 474 g/mol. The summed E-state index contributed by atoms with van der Waals surface area (Å²) < 4.78 is 5.10. The van der Waals surface area contributed by atoms with E-state index in [2.05, 4.69) is 16.7 Å². The Morgan fingerprint density at radius 3 is 2.64 bits per heavy atom. The first-order valence-electron chi connectivity index (χ1n) is 9.99. The van der Waals surface area contributed by atoms with Gasteiger partial charge in [0.15, 0.2) is 5.76 Å². The summed E-state index contributed by atoms with van der Waals surface area (Å²) in [6.07, 6.45) is 1.44. The van der Waals surface area contributed by atoms with Crippen molar-refractivity contribution in [3.8, 4) is 17.2 Å². The minimum Gasteiger partial charge on any atom is -0.459 e. The van der Waals surface area contributed by atoms with Gasteiger partial charge in [-0.25, -0.2) is 0 Å². The van der Waals surface area contributed by atoms with Crippen LogP contribution in [-0.4, -0.2) is 17.6 Å². The van der Waals surface area contributed by atoms with E-state index in [1.165, 1.54) is 29.4 Å². The molecule has 2 aromatic carbocycles. The molecule has 0 atom stereocenters. The monoisotopic (exact) mass is 473 g/mol. The van der Waals surface area contributed by atoms with E-state index in [1.54, 1.807) is 30.3 Å². The molecule has 2 N–H and O–H groups in total. The lowest BCUT2D eigenvalue weighted by molar-refractivity contribution is -0.113. The normalized spacial score (nSPS) is 10.4.